The van der Waals surface area contributed by atoms with Gasteiger partial charge in [-0.15, -0.1) is 0 Å². The van der Waals surface area contributed by atoms with Crippen LogP contribution in [0, 0.1) is 12.3 Å². The minimum absolute atomic E-state index is 0.169. The van der Waals surface area contributed by atoms with E-state index in [9.17, 15) is 9.59 Å². The third-order valence-corrected chi connectivity index (χ3v) is 3.23. The normalized spacial score (nSPS) is 19.8. The van der Waals surface area contributed by atoms with Crippen LogP contribution in [0.5, 0.6) is 0 Å². The van der Waals surface area contributed by atoms with E-state index >= 15 is 0 Å². The Balaban J connectivity index is 1.89. The second-order valence-corrected chi connectivity index (χ2v) is 5.10. The molecule has 0 aromatic carbocycles. The number of carbonyl (C=O) groups excluding carboxylic acids is 2. The van der Waals surface area contributed by atoms with Gasteiger partial charge in [0.2, 0.25) is 11.8 Å². The Hall–Kier alpha value is -1.14. The SMILES string of the molecule is CC(C[CH]C(=O)NCCCOC[C@@H]1CCCO1)C(N)=O. The molecule has 0 spiro atoms. The topological polar surface area (TPSA) is 90.7 Å². The molecular formula is C14H25N2O4. The van der Waals surface area contributed by atoms with Crippen LogP contribution in [0.4, 0.5) is 0 Å². The van der Waals surface area contributed by atoms with Crippen molar-refractivity contribution in [3.05, 3.63) is 6.42 Å². The van der Waals surface area contributed by atoms with Crippen LogP contribution in [0.25, 0.3) is 0 Å². The first-order valence-electron chi connectivity index (χ1n) is 7.19. The molecule has 115 valence electrons. The first-order chi connectivity index (χ1) is 9.59. The summed E-state index contributed by atoms with van der Waals surface area (Å²) in [5, 5.41) is 2.75. The third-order valence-electron chi connectivity index (χ3n) is 3.23. The second-order valence-electron chi connectivity index (χ2n) is 5.10. The molecule has 6 heteroatoms. The van der Waals surface area contributed by atoms with Crippen LogP contribution in [-0.2, 0) is 19.1 Å². The maximum atomic E-state index is 11.4. The lowest BCUT2D eigenvalue weighted by Crippen LogP contribution is -2.28. The van der Waals surface area contributed by atoms with Crippen molar-refractivity contribution in [3.63, 3.8) is 0 Å². The highest BCUT2D eigenvalue weighted by Crippen LogP contribution is 2.11. The van der Waals surface area contributed by atoms with Gasteiger partial charge in [0, 0.05) is 25.7 Å². The minimum atomic E-state index is -0.392. The number of rotatable bonds is 10. The lowest BCUT2D eigenvalue weighted by atomic mass is 10.1. The zero-order valence-electron chi connectivity index (χ0n) is 12.1. The van der Waals surface area contributed by atoms with Gasteiger partial charge in [-0.05, 0) is 25.7 Å². The Morgan fingerprint density at radius 3 is 3.00 bits per heavy atom. The Morgan fingerprint density at radius 1 is 1.55 bits per heavy atom. The third kappa shape index (κ3) is 7.45. The molecular weight excluding hydrogens is 260 g/mol. The van der Waals surface area contributed by atoms with Gasteiger partial charge in [-0.1, -0.05) is 6.92 Å². The van der Waals surface area contributed by atoms with Gasteiger partial charge in [0.1, 0.15) is 0 Å². The maximum absolute atomic E-state index is 11.4. The summed E-state index contributed by atoms with van der Waals surface area (Å²) in [4.78, 5) is 22.2. The molecule has 0 bridgehead atoms. The summed E-state index contributed by atoms with van der Waals surface area (Å²) >= 11 is 0. The highest BCUT2D eigenvalue weighted by molar-refractivity contribution is 5.85. The van der Waals surface area contributed by atoms with Crippen LogP contribution in [0.1, 0.15) is 32.6 Å². The van der Waals surface area contributed by atoms with Gasteiger partial charge in [0.05, 0.1) is 19.1 Å². The fourth-order valence-corrected chi connectivity index (χ4v) is 1.85. The summed E-state index contributed by atoms with van der Waals surface area (Å²) in [6.07, 6.45) is 5.03. The Labute approximate surface area is 120 Å². The molecule has 3 N–H and O–H groups in total. The standard InChI is InChI=1S/C14H25N2O4/c1-11(14(15)18)5-6-13(17)16-7-3-8-19-10-12-4-2-9-20-12/h6,11-12H,2-5,7-10H2,1H3,(H2,15,18)(H,16,17)/t11?,12-/m0/s1. The van der Waals surface area contributed by atoms with Crippen molar-refractivity contribution >= 4 is 11.8 Å². The Morgan fingerprint density at radius 2 is 2.35 bits per heavy atom. The van der Waals surface area contributed by atoms with Crippen molar-refractivity contribution < 1.29 is 19.1 Å². The lowest BCUT2D eigenvalue weighted by molar-refractivity contribution is -0.121. The molecule has 2 amide bonds. The molecule has 1 aliphatic rings. The number of amides is 2. The van der Waals surface area contributed by atoms with Crippen LogP contribution in [0.3, 0.4) is 0 Å². The molecule has 1 heterocycles. The van der Waals surface area contributed by atoms with Gasteiger partial charge in [-0.3, -0.25) is 9.59 Å². The van der Waals surface area contributed by atoms with Gasteiger partial charge < -0.3 is 20.5 Å². The summed E-state index contributed by atoms with van der Waals surface area (Å²) in [5.41, 5.74) is 5.11. The molecule has 20 heavy (non-hydrogen) atoms. The van der Waals surface area contributed by atoms with E-state index in [4.69, 9.17) is 15.2 Å². The average Bonchev–Trinajstić information content (AvgIpc) is 2.92. The van der Waals surface area contributed by atoms with E-state index in [1.54, 1.807) is 6.92 Å². The van der Waals surface area contributed by atoms with Gasteiger partial charge in [0.25, 0.3) is 0 Å². The summed E-state index contributed by atoms with van der Waals surface area (Å²) in [7, 11) is 0. The zero-order valence-corrected chi connectivity index (χ0v) is 12.1. The van der Waals surface area contributed by atoms with Crippen molar-refractivity contribution in [1.82, 2.24) is 5.32 Å². The van der Waals surface area contributed by atoms with Crippen LogP contribution >= 0.6 is 0 Å². The highest BCUT2D eigenvalue weighted by atomic mass is 16.5. The van der Waals surface area contributed by atoms with E-state index in [0.717, 1.165) is 25.9 Å². The molecule has 2 atom stereocenters. The Kier molecular flexibility index (Phi) is 8.22. The number of hydrogen-bond donors (Lipinski definition) is 2. The molecule has 1 unspecified atom stereocenters. The number of primary amides is 1. The van der Waals surface area contributed by atoms with Crippen molar-refractivity contribution in [2.24, 2.45) is 11.7 Å². The number of nitrogens with one attached hydrogen (secondary N) is 1. The van der Waals surface area contributed by atoms with Gasteiger partial charge >= 0.3 is 0 Å². The molecule has 0 aromatic rings. The first-order valence-corrected chi connectivity index (χ1v) is 7.19. The first kappa shape index (κ1) is 16.9. The van der Waals surface area contributed by atoms with Crippen molar-refractivity contribution in [3.8, 4) is 0 Å². The monoisotopic (exact) mass is 285 g/mol. The van der Waals surface area contributed by atoms with Gasteiger partial charge in [-0.25, -0.2) is 0 Å². The molecule has 1 rings (SSSR count). The molecule has 6 nitrogen and oxygen atoms in total. The highest BCUT2D eigenvalue weighted by Gasteiger charge is 2.15. The predicted molar refractivity (Wildman–Crippen MR) is 74.7 cm³/mol. The molecule has 1 saturated heterocycles. The molecule has 0 aliphatic carbocycles. The summed E-state index contributed by atoms with van der Waals surface area (Å²) in [6.45, 7) is 4.34. The average molecular weight is 285 g/mol. The lowest BCUT2D eigenvalue weighted by Gasteiger charge is -2.10. The largest absolute Gasteiger partial charge is 0.379 e. The van der Waals surface area contributed by atoms with Crippen LogP contribution < -0.4 is 11.1 Å². The molecule has 1 radical (unpaired) electrons. The van der Waals surface area contributed by atoms with Crippen LogP contribution in [0.15, 0.2) is 0 Å². The summed E-state index contributed by atoms with van der Waals surface area (Å²) < 4.78 is 10.9. The molecule has 0 aromatic heterocycles. The number of nitrogens with two attached hydrogens (primary N) is 1. The fraction of sp³-hybridized carbons (Fsp3) is 0.786. The van der Waals surface area contributed by atoms with Crippen molar-refractivity contribution in [2.75, 3.05) is 26.4 Å². The van der Waals surface area contributed by atoms with Crippen molar-refractivity contribution in [1.29, 1.82) is 0 Å². The van der Waals surface area contributed by atoms with Crippen LogP contribution in [-0.4, -0.2) is 44.3 Å². The quantitative estimate of drug-likeness (QED) is 0.569. The van der Waals surface area contributed by atoms with Gasteiger partial charge in [0.15, 0.2) is 0 Å². The molecule has 1 aliphatic heterocycles. The summed E-state index contributed by atoms with van der Waals surface area (Å²) in [6, 6.07) is 0. The maximum Gasteiger partial charge on any atom is 0.223 e. The van der Waals surface area contributed by atoms with E-state index in [-0.39, 0.29) is 17.9 Å². The molecule has 0 saturated carbocycles. The smallest absolute Gasteiger partial charge is 0.223 e. The van der Waals surface area contributed by atoms with Crippen molar-refractivity contribution in [2.45, 2.75) is 38.7 Å². The number of carbonyl (C=O) groups is 2. The Bertz CT molecular complexity index is 304. The minimum Gasteiger partial charge on any atom is -0.379 e. The van der Waals surface area contributed by atoms with E-state index in [1.807, 2.05) is 0 Å². The molecule has 1 fully saturated rings. The second kappa shape index (κ2) is 9.72. The van der Waals surface area contributed by atoms with E-state index < -0.39 is 5.91 Å². The number of ether oxygens (including phenoxy) is 2. The van der Waals surface area contributed by atoms with Crippen LogP contribution in [0.2, 0.25) is 0 Å². The zero-order chi connectivity index (χ0) is 14.8. The summed E-state index contributed by atoms with van der Waals surface area (Å²) in [5.74, 6) is -0.871. The van der Waals surface area contributed by atoms with Gasteiger partial charge in [-0.2, -0.15) is 0 Å². The van der Waals surface area contributed by atoms with E-state index in [1.165, 1.54) is 6.42 Å². The fourth-order valence-electron chi connectivity index (χ4n) is 1.85. The van der Waals surface area contributed by atoms with E-state index in [2.05, 4.69) is 5.32 Å². The predicted octanol–water partition coefficient (Wildman–Crippen LogP) is 0.404. The van der Waals surface area contributed by atoms with E-state index in [0.29, 0.717) is 26.2 Å². The number of hydrogen-bond acceptors (Lipinski definition) is 4.